The molecule has 0 bridgehead atoms. The largest absolute Gasteiger partial charge is 0.481 e. The summed E-state index contributed by atoms with van der Waals surface area (Å²) in [6.45, 7) is 0. The summed E-state index contributed by atoms with van der Waals surface area (Å²) in [5.41, 5.74) is -0.422. The van der Waals surface area contributed by atoms with E-state index in [2.05, 4.69) is 15.3 Å². The summed E-state index contributed by atoms with van der Waals surface area (Å²) < 4.78 is 4.89. The second-order valence-electron chi connectivity index (χ2n) is 3.79. The monoisotopic (exact) mass is 308 g/mol. The smallest absolute Gasteiger partial charge is 0.282 e. The number of nitrogens with one attached hydrogen (secondary N) is 1. The van der Waals surface area contributed by atoms with Crippen molar-refractivity contribution < 1.29 is 14.5 Å². The molecule has 0 spiro atoms. The lowest BCUT2D eigenvalue weighted by Crippen LogP contribution is -2.16. The van der Waals surface area contributed by atoms with Gasteiger partial charge in [0.05, 0.1) is 12.0 Å². The quantitative estimate of drug-likeness (QED) is 0.527. The Morgan fingerprint density at radius 1 is 1.38 bits per heavy atom. The second-order valence-corrected chi connectivity index (χ2v) is 4.17. The van der Waals surface area contributed by atoms with Crippen LogP contribution in [-0.2, 0) is 0 Å². The molecule has 0 aliphatic heterocycles. The fraction of sp³-hybridized carbons (Fsp3) is 0.0833. The van der Waals surface area contributed by atoms with Crippen molar-refractivity contribution in [3.63, 3.8) is 0 Å². The first kappa shape index (κ1) is 14.7. The summed E-state index contributed by atoms with van der Waals surface area (Å²) in [5.74, 6) is -0.665. The fourth-order valence-corrected chi connectivity index (χ4v) is 1.72. The minimum atomic E-state index is -0.716. The molecule has 0 atom stereocenters. The van der Waals surface area contributed by atoms with Crippen LogP contribution in [0.3, 0.4) is 0 Å². The van der Waals surface area contributed by atoms with Crippen molar-refractivity contribution in [3.05, 3.63) is 51.2 Å². The highest BCUT2D eigenvalue weighted by Crippen LogP contribution is 2.20. The normalized spacial score (nSPS) is 10.0. The Bertz CT molecular complexity index is 707. The molecule has 0 aliphatic rings. The molecule has 9 heteroatoms. The minimum absolute atomic E-state index is 0.0692. The first-order chi connectivity index (χ1) is 10.0. The zero-order valence-electron chi connectivity index (χ0n) is 10.7. The number of halogens is 1. The summed E-state index contributed by atoms with van der Waals surface area (Å²) in [4.78, 5) is 30.0. The number of ether oxygens (including phenoxy) is 1. The van der Waals surface area contributed by atoms with Gasteiger partial charge in [0, 0.05) is 12.1 Å². The van der Waals surface area contributed by atoms with Gasteiger partial charge >= 0.3 is 0 Å². The van der Waals surface area contributed by atoms with Crippen LogP contribution in [0.1, 0.15) is 10.4 Å². The number of nitro benzene ring substituents is 1. The molecule has 1 heterocycles. The van der Waals surface area contributed by atoms with Crippen LogP contribution >= 0.6 is 11.6 Å². The Morgan fingerprint density at radius 2 is 2.10 bits per heavy atom. The van der Waals surface area contributed by atoms with Gasteiger partial charge in [-0.1, -0.05) is 23.7 Å². The number of rotatable bonds is 4. The number of carbonyl (C=O) groups excluding carboxylic acids is 1. The summed E-state index contributed by atoms with van der Waals surface area (Å²) in [5, 5.41) is 13.3. The topological polar surface area (TPSA) is 107 Å². The molecule has 1 amide bonds. The van der Waals surface area contributed by atoms with Crippen LogP contribution in [0.25, 0.3) is 0 Å². The molecule has 2 aromatic rings. The number of nitrogens with zero attached hydrogens (tertiary/aromatic N) is 3. The van der Waals surface area contributed by atoms with E-state index < -0.39 is 10.8 Å². The lowest BCUT2D eigenvalue weighted by Gasteiger charge is -2.06. The highest BCUT2D eigenvalue weighted by atomic mass is 35.5. The van der Waals surface area contributed by atoms with Gasteiger partial charge in [0.2, 0.25) is 11.8 Å². The number of nitro groups is 1. The molecule has 0 saturated heterocycles. The van der Waals surface area contributed by atoms with E-state index in [4.69, 9.17) is 16.3 Å². The van der Waals surface area contributed by atoms with Crippen LogP contribution in [0.2, 0.25) is 5.15 Å². The lowest BCUT2D eigenvalue weighted by atomic mass is 10.1. The SMILES string of the molecule is COc1cc(Cl)nc(NC(=O)c2ccccc2[N+](=O)[O-])n1. The maximum absolute atomic E-state index is 12.1. The Kier molecular flexibility index (Phi) is 4.29. The van der Waals surface area contributed by atoms with Crippen LogP contribution in [0.5, 0.6) is 5.88 Å². The van der Waals surface area contributed by atoms with Crippen LogP contribution in [-0.4, -0.2) is 27.9 Å². The van der Waals surface area contributed by atoms with Gasteiger partial charge in [-0.15, -0.1) is 0 Å². The summed E-state index contributed by atoms with van der Waals surface area (Å²) in [6, 6.07) is 6.90. The minimum Gasteiger partial charge on any atom is -0.481 e. The van der Waals surface area contributed by atoms with Crippen molar-refractivity contribution in [2.75, 3.05) is 12.4 Å². The second kappa shape index (κ2) is 6.14. The average Bonchev–Trinajstić information content (AvgIpc) is 2.46. The molecule has 0 radical (unpaired) electrons. The molecule has 8 nitrogen and oxygen atoms in total. The highest BCUT2D eigenvalue weighted by molar-refractivity contribution is 6.29. The lowest BCUT2D eigenvalue weighted by molar-refractivity contribution is -0.385. The Hall–Kier alpha value is -2.74. The maximum Gasteiger partial charge on any atom is 0.282 e. The van der Waals surface area contributed by atoms with Gasteiger partial charge in [-0.3, -0.25) is 20.2 Å². The summed E-state index contributed by atoms with van der Waals surface area (Å²) in [6.07, 6.45) is 0. The molecule has 1 N–H and O–H groups in total. The summed E-state index contributed by atoms with van der Waals surface area (Å²) in [7, 11) is 1.38. The first-order valence-electron chi connectivity index (χ1n) is 5.64. The molecule has 0 unspecified atom stereocenters. The zero-order valence-corrected chi connectivity index (χ0v) is 11.5. The maximum atomic E-state index is 12.1. The van der Waals surface area contributed by atoms with Crippen LogP contribution in [0, 0.1) is 10.1 Å². The Balaban J connectivity index is 2.30. The van der Waals surface area contributed by atoms with Gasteiger partial charge in [-0.05, 0) is 6.07 Å². The van der Waals surface area contributed by atoms with E-state index in [9.17, 15) is 14.9 Å². The molecule has 0 aliphatic carbocycles. The third-order valence-electron chi connectivity index (χ3n) is 2.45. The van der Waals surface area contributed by atoms with E-state index in [0.717, 1.165) is 0 Å². The standard InChI is InChI=1S/C12H9ClN4O4/c1-21-10-6-9(13)14-12(15-10)16-11(18)7-4-2-3-5-8(7)17(19)20/h2-6H,1H3,(H,14,15,16,18). The molecule has 2 rings (SSSR count). The van der Waals surface area contributed by atoms with Gasteiger partial charge in [0.25, 0.3) is 11.6 Å². The van der Waals surface area contributed by atoms with Crippen LogP contribution in [0.15, 0.2) is 30.3 Å². The highest BCUT2D eigenvalue weighted by Gasteiger charge is 2.20. The molecule has 0 saturated carbocycles. The predicted octanol–water partition coefficient (Wildman–Crippen LogP) is 2.30. The number of hydrogen-bond acceptors (Lipinski definition) is 6. The van der Waals surface area contributed by atoms with Gasteiger partial charge in [0.15, 0.2) is 0 Å². The van der Waals surface area contributed by atoms with Gasteiger partial charge in [-0.2, -0.15) is 4.98 Å². The molecule has 21 heavy (non-hydrogen) atoms. The third-order valence-corrected chi connectivity index (χ3v) is 2.64. The zero-order chi connectivity index (χ0) is 15.4. The van der Waals surface area contributed by atoms with Gasteiger partial charge in [0.1, 0.15) is 10.7 Å². The van der Waals surface area contributed by atoms with E-state index in [1.807, 2.05) is 0 Å². The molecular formula is C12H9ClN4O4. The van der Waals surface area contributed by atoms with E-state index in [1.165, 1.54) is 37.4 Å². The van der Waals surface area contributed by atoms with Crippen LogP contribution in [0.4, 0.5) is 11.6 Å². The van der Waals surface area contributed by atoms with Crippen molar-refractivity contribution in [1.82, 2.24) is 9.97 Å². The van der Waals surface area contributed by atoms with Crippen molar-refractivity contribution in [2.24, 2.45) is 0 Å². The van der Waals surface area contributed by atoms with Crippen molar-refractivity contribution >= 4 is 29.1 Å². The van der Waals surface area contributed by atoms with E-state index in [0.29, 0.717) is 0 Å². The van der Waals surface area contributed by atoms with Crippen molar-refractivity contribution in [2.45, 2.75) is 0 Å². The number of carbonyl (C=O) groups is 1. The Morgan fingerprint density at radius 3 is 2.76 bits per heavy atom. The van der Waals surface area contributed by atoms with Crippen LogP contribution < -0.4 is 10.1 Å². The number of amides is 1. The van der Waals surface area contributed by atoms with E-state index in [1.54, 1.807) is 0 Å². The first-order valence-corrected chi connectivity index (χ1v) is 6.02. The van der Waals surface area contributed by atoms with E-state index in [-0.39, 0.29) is 28.2 Å². The predicted molar refractivity (Wildman–Crippen MR) is 74.6 cm³/mol. The van der Waals surface area contributed by atoms with E-state index >= 15 is 0 Å². The molecule has 1 aromatic heterocycles. The van der Waals surface area contributed by atoms with Crippen molar-refractivity contribution in [3.8, 4) is 5.88 Å². The fourth-order valence-electron chi connectivity index (χ4n) is 1.55. The third kappa shape index (κ3) is 3.42. The summed E-state index contributed by atoms with van der Waals surface area (Å²) >= 11 is 5.75. The van der Waals surface area contributed by atoms with Gasteiger partial charge in [-0.25, -0.2) is 4.98 Å². The van der Waals surface area contributed by atoms with Gasteiger partial charge < -0.3 is 4.74 Å². The number of para-hydroxylation sites is 1. The molecule has 1 aromatic carbocycles. The number of hydrogen-bond donors (Lipinski definition) is 1. The number of methoxy groups -OCH3 is 1. The Labute approximate surface area is 123 Å². The molecular weight excluding hydrogens is 300 g/mol. The molecule has 108 valence electrons. The van der Waals surface area contributed by atoms with Crippen molar-refractivity contribution in [1.29, 1.82) is 0 Å². The number of anilines is 1. The number of benzene rings is 1. The average molecular weight is 309 g/mol. The number of aromatic nitrogens is 2. The molecule has 0 fully saturated rings.